The SMILES string of the molecule is C=O.CC.COc1ccc([C@@H]2CCCC(C)C2)cc1C. The van der Waals surface area contributed by atoms with Crippen LogP contribution >= 0.6 is 0 Å². The van der Waals surface area contributed by atoms with Crippen molar-refractivity contribution in [3.63, 3.8) is 0 Å². The van der Waals surface area contributed by atoms with Crippen molar-refractivity contribution in [1.82, 2.24) is 0 Å². The lowest BCUT2D eigenvalue weighted by atomic mass is 9.78. The molecule has 0 aromatic heterocycles. The zero-order chi connectivity index (χ0) is 15.5. The van der Waals surface area contributed by atoms with Gasteiger partial charge >= 0.3 is 0 Å². The molecule has 1 unspecified atom stereocenters. The van der Waals surface area contributed by atoms with E-state index < -0.39 is 0 Å². The first-order valence-electron chi connectivity index (χ1n) is 7.64. The Morgan fingerprint density at radius 2 is 1.85 bits per heavy atom. The van der Waals surface area contributed by atoms with Crippen molar-refractivity contribution in [3.8, 4) is 5.75 Å². The van der Waals surface area contributed by atoms with Crippen LogP contribution in [0.5, 0.6) is 5.75 Å². The molecule has 0 spiro atoms. The van der Waals surface area contributed by atoms with Gasteiger partial charge in [-0.1, -0.05) is 45.7 Å². The Bertz CT molecular complexity index is 374. The van der Waals surface area contributed by atoms with Crippen molar-refractivity contribution in [2.75, 3.05) is 7.11 Å². The molecule has 2 atom stereocenters. The van der Waals surface area contributed by atoms with Crippen molar-refractivity contribution in [2.24, 2.45) is 5.92 Å². The summed E-state index contributed by atoms with van der Waals surface area (Å²) < 4.78 is 5.31. The molecule has 1 aromatic carbocycles. The topological polar surface area (TPSA) is 26.3 Å². The fourth-order valence-corrected chi connectivity index (χ4v) is 2.89. The Hall–Kier alpha value is -1.31. The van der Waals surface area contributed by atoms with E-state index >= 15 is 0 Å². The van der Waals surface area contributed by atoms with E-state index in [1.54, 1.807) is 7.11 Å². The molecule has 0 amide bonds. The molecule has 0 N–H and O–H groups in total. The number of hydrogen-bond acceptors (Lipinski definition) is 2. The molecule has 0 heterocycles. The average molecular weight is 278 g/mol. The van der Waals surface area contributed by atoms with Gasteiger partial charge in [-0.2, -0.15) is 0 Å². The van der Waals surface area contributed by atoms with Gasteiger partial charge in [-0.15, -0.1) is 0 Å². The van der Waals surface area contributed by atoms with E-state index in [4.69, 9.17) is 9.53 Å². The molecule has 1 saturated carbocycles. The average Bonchev–Trinajstić information content (AvgIpc) is 2.51. The van der Waals surface area contributed by atoms with Gasteiger partial charge in [0.25, 0.3) is 0 Å². The van der Waals surface area contributed by atoms with E-state index in [0.717, 1.165) is 17.6 Å². The highest BCUT2D eigenvalue weighted by atomic mass is 16.5. The molecule has 2 heteroatoms. The Kier molecular flexibility index (Phi) is 9.79. The fourth-order valence-electron chi connectivity index (χ4n) is 2.89. The van der Waals surface area contributed by atoms with E-state index in [2.05, 4.69) is 32.0 Å². The summed E-state index contributed by atoms with van der Waals surface area (Å²) in [6.07, 6.45) is 5.50. The molecular weight excluding hydrogens is 248 g/mol. The molecule has 2 rings (SSSR count). The van der Waals surface area contributed by atoms with Gasteiger partial charge in [0, 0.05) is 0 Å². The first-order chi connectivity index (χ1) is 9.70. The quantitative estimate of drug-likeness (QED) is 0.749. The summed E-state index contributed by atoms with van der Waals surface area (Å²) in [5.41, 5.74) is 2.77. The lowest BCUT2D eigenvalue weighted by molar-refractivity contribution is -0.0979. The van der Waals surface area contributed by atoms with Gasteiger partial charge in [0.15, 0.2) is 0 Å². The standard InChI is InChI=1S/C15H22O.C2H6.CH2O/c1-11-5-4-6-13(9-11)14-7-8-15(16-3)12(2)10-14;2*1-2/h7-8,10-11,13H,4-6,9H2,1-3H3;1-2H3;1H2/t11?,13-;;/m1../s1. The molecule has 114 valence electrons. The molecule has 0 aliphatic heterocycles. The van der Waals surface area contributed by atoms with Crippen LogP contribution in [0.3, 0.4) is 0 Å². The fraction of sp³-hybridized carbons (Fsp3) is 0.611. The van der Waals surface area contributed by atoms with Crippen LogP contribution < -0.4 is 4.74 Å². The summed E-state index contributed by atoms with van der Waals surface area (Å²) >= 11 is 0. The molecule has 20 heavy (non-hydrogen) atoms. The van der Waals surface area contributed by atoms with Gasteiger partial charge in [0.05, 0.1) is 7.11 Å². The Balaban J connectivity index is 0.000000829. The van der Waals surface area contributed by atoms with Gasteiger partial charge in [0.2, 0.25) is 0 Å². The number of hydrogen-bond donors (Lipinski definition) is 0. The van der Waals surface area contributed by atoms with Crippen LogP contribution in [0.25, 0.3) is 0 Å². The number of aryl methyl sites for hydroxylation is 1. The minimum atomic E-state index is 0.772. The molecule has 2 nitrogen and oxygen atoms in total. The Labute approximate surface area is 124 Å². The predicted molar refractivity (Wildman–Crippen MR) is 86.6 cm³/mol. The number of carbonyl (C=O) groups excluding carboxylic acids is 1. The first-order valence-corrected chi connectivity index (χ1v) is 7.64. The van der Waals surface area contributed by atoms with E-state index in [1.165, 1.54) is 36.8 Å². The van der Waals surface area contributed by atoms with E-state index in [-0.39, 0.29) is 0 Å². The Morgan fingerprint density at radius 3 is 2.35 bits per heavy atom. The smallest absolute Gasteiger partial charge is 0.121 e. The largest absolute Gasteiger partial charge is 0.496 e. The predicted octanol–water partition coefficient (Wildman–Crippen LogP) is 5.14. The minimum absolute atomic E-state index is 0.772. The number of ether oxygens (including phenoxy) is 1. The summed E-state index contributed by atoms with van der Waals surface area (Å²) in [6.45, 7) is 10.5. The Morgan fingerprint density at radius 1 is 1.20 bits per heavy atom. The maximum atomic E-state index is 8.00. The van der Waals surface area contributed by atoms with E-state index in [0.29, 0.717) is 0 Å². The third-order valence-corrected chi connectivity index (χ3v) is 3.83. The highest BCUT2D eigenvalue weighted by molar-refractivity contribution is 5.37. The molecule has 1 aromatic rings. The van der Waals surface area contributed by atoms with Crippen LogP contribution in [0.1, 0.15) is 63.5 Å². The maximum absolute atomic E-state index is 8.00. The van der Waals surface area contributed by atoms with Gasteiger partial charge < -0.3 is 9.53 Å². The first kappa shape index (κ1) is 18.7. The lowest BCUT2D eigenvalue weighted by Crippen LogP contribution is -2.11. The molecule has 1 aliphatic carbocycles. The van der Waals surface area contributed by atoms with Crippen LogP contribution in [0.2, 0.25) is 0 Å². The summed E-state index contributed by atoms with van der Waals surface area (Å²) in [7, 11) is 1.74. The molecule has 0 saturated heterocycles. The third-order valence-electron chi connectivity index (χ3n) is 3.83. The third kappa shape index (κ3) is 5.36. The number of benzene rings is 1. The van der Waals surface area contributed by atoms with Gasteiger partial charge in [-0.05, 0) is 48.8 Å². The number of methoxy groups -OCH3 is 1. The van der Waals surface area contributed by atoms with Crippen LogP contribution in [-0.2, 0) is 4.79 Å². The summed E-state index contributed by atoms with van der Waals surface area (Å²) in [4.78, 5) is 8.00. The van der Waals surface area contributed by atoms with Crippen molar-refractivity contribution >= 4 is 6.79 Å². The van der Waals surface area contributed by atoms with Crippen LogP contribution in [0.4, 0.5) is 0 Å². The number of carbonyl (C=O) groups is 1. The monoisotopic (exact) mass is 278 g/mol. The summed E-state index contributed by atoms with van der Waals surface area (Å²) in [5.74, 6) is 2.67. The van der Waals surface area contributed by atoms with Crippen molar-refractivity contribution in [2.45, 2.75) is 59.3 Å². The molecule has 1 fully saturated rings. The molecule has 1 aliphatic rings. The highest BCUT2D eigenvalue weighted by Gasteiger charge is 2.20. The van der Waals surface area contributed by atoms with E-state index in [1.807, 2.05) is 20.6 Å². The van der Waals surface area contributed by atoms with Crippen LogP contribution in [0.15, 0.2) is 18.2 Å². The molecule has 0 radical (unpaired) electrons. The molecular formula is C18H30O2. The van der Waals surface area contributed by atoms with E-state index in [9.17, 15) is 0 Å². The number of rotatable bonds is 2. The second-order valence-electron chi connectivity index (χ2n) is 5.20. The van der Waals surface area contributed by atoms with Crippen LogP contribution in [0, 0.1) is 12.8 Å². The normalized spacial score (nSPS) is 20.9. The molecule has 0 bridgehead atoms. The lowest BCUT2D eigenvalue weighted by Gasteiger charge is -2.27. The van der Waals surface area contributed by atoms with Gasteiger partial charge in [-0.3, -0.25) is 0 Å². The van der Waals surface area contributed by atoms with Crippen molar-refractivity contribution < 1.29 is 9.53 Å². The second-order valence-corrected chi connectivity index (χ2v) is 5.20. The summed E-state index contributed by atoms with van der Waals surface area (Å²) in [6, 6.07) is 6.67. The van der Waals surface area contributed by atoms with Gasteiger partial charge in [0.1, 0.15) is 12.5 Å². The van der Waals surface area contributed by atoms with Crippen molar-refractivity contribution in [3.05, 3.63) is 29.3 Å². The zero-order valence-corrected chi connectivity index (χ0v) is 13.7. The van der Waals surface area contributed by atoms with Gasteiger partial charge in [-0.25, -0.2) is 0 Å². The minimum Gasteiger partial charge on any atom is -0.496 e. The second kappa shape index (κ2) is 10.5. The summed E-state index contributed by atoms with van der Waals surface area (Å²) in [5, 5.41) is 0. The zero-order valence-electron chi connectivity index (χ0n) is 13.7. The van der Waals surface area contributed by atoms with Crippen molar-refractivity contribution in [1.29, 1.82) is 0 Å². The maximum Gasteiger partial charge on any atom is 0.121 e. The van der Waals surface area contributed by atoms with Crippen LogP contribution in [-0.4, -0.2) is 13.9 Å². The highest BCUT2D eigenvalue weighted by Crippen LogP contribution is 2.37.